The van der Waals surface area contributed by atoms with Crippen LogP contribution in [0.15, 0.2) is 29.2 Å². The predicted octanol–water partition coefficient (Wildman–Crippen LogP) is 2.40. The van der Waals surface area contributed by atoms with E-state index in [1.54, 1.807) is 18.2 Å². The summed E-state index contributed by atoms with van der Waals surface area (Å²) in [5.74, 6) is 0.0469. The van der Waals surface area contributed by atoms with Crippen LogP contribution in [-0.4, -0.2) is 16.0 Å². The van der Waals surface area contributed by atoms with E-state index >= 15 is 0 Å². The van der Waals surface area contributed by atoms with E-state index in [0.717, 1.165) is 0 Å². The zero-order valence-electron chi connectivity index (χ0n) is 8.84. The Bertz CT molecular complexity index is 409. The van der Waals surface area contributed by atoms with E-state index in [1.807, 2.05) is 6.92 Å². The smallest absolute Gasteiger partial charge is 0.282 e. The summed E-state index contributed by atoms with van der Waals surface area (Å²) in [6.45, 7) is 1.90. The first-order valence-electron chi connectivity index (χ1n) is 4.80. The number of hydrogen-bond acceptors (Lipinski definition) is 4. The van der Waals surface area contributed by atoms with Gasteiger partial charge in [0.25, 0.3) is 5.69 Å². The van der Waals surface area contributed by atoms with Crippen molar-refractivity contribution in [3.05, 3.63) is 34.4 Å². The van der Waals surface area contributed by atoms with Gasteiger partial charge in [0.15, 0.2) is 0 Å². The number of nitrogens with one attached hydrogen (secondary N) is 1. The first-order valence-corrected chi connectivity index (χ1v) is 5.68. The third-order valence-electron chi connectivity index (χ3n) is 2.05. The van der Waals surface area contributed by atoms with Crippen molar-refractivity contribution >= 4 is 23.3 Å². The molecule has 0 amide bonds. The maximum absolute atomic E-state index is 10.8. The first-order chi connectivity index (χ1) is 7.56. The molecule has 0 aliphatic heterocycles. The normalized spacial score (nSPS) is 12.1. The number of benzene rings is 1. The predicted molar refractivity (Wildman–Crippen MR) is 64.9 cm³/mol. The van der Waals surface area contributed by atoms with E-state index in [-0.39, 0.29) is 16.8 Å². The summed E-state index contributed by atoms with van der Waals surface area (Å²) in [5, 5.41) is 17.9. The monoisotopic (exact) mass is 239 g/mol. The fourth-order valence-electron chi connectivity index (χ4n) is 1.23. The Kier molecular flexibility index (Phi) is 4.30. The van der Waals surface area contributed by atoms with E-state index in [9.17, 15) is 10.1 Å². The molecule has 1 atom stereocenters. The van der Waals surface area contributed by atoms with Crippen LogP contribution < -0.4 is 5.73 Å². The van der Waals surface area contributed by atoms with Crippen LogP contribution in [0.1, 0.15) is 13.3 Å². The third-order valence-corrected chi connectivity index (χ3v) is 3.52. The van der Waals surface area contributed by atoms with Gasteiger partial charge in [-0.15, -0.1) is 11.8 Å². The van der Waals surface area contributed by atoms with Crippen molar-refractivity contribution in [3.63, 3.8) is 0 Å². The van der Waals surface area contributed by atoms with Gasteiger partial charge >= 0.3 is 0 Å². The molecule has 16 heavy (non-hydrogen) atoms. The molecule has 0 bridgehead atoms. The number of nitro groups is 1. The molecule has 86 valence electrons. The summed E-state index contributed by atoms with van der Waals surface area (Å²) in [6.07, 6.45) is 0.673. The lowest BCUT2D eigenvalue weighted by Crippen LogP contribution is -2.24. The lowest BCUT2D eigenvalue weighted by molar-refractivity contribution is -0.387. The number of nitrogens with zero attached hydrogens (tertiary/aromatic N) is 1. The zero-order chi connectivity index (χ0) is 12.1. The molecule has 6 heteroatoms. The highest BCUT2D eigenvalue weighted by Crippen LogP contribution is 2.32. The van der Waals surface area contributed by atoms with Crippen molar-refractivity contribution in [3.8, 4) is 0 Å². The number of amidine groups is 1. The molecule has 0 spiro atoms. The summed E-state index contributed by atoms with van der Waals surface area (Å²) in [5.41, 5.74) is 5.48. The van der Waals surface area contributed by atoms with E-state index in [2.05, 4.69) is 0 Å². The summed E-state index contributed by atoms with van der Waals surface area (Å²) in [6, 6.07) is 6.49. The van der Waals surface area contributed by atoms with Gasteiger partial charge in [0.1, 0.15) is 5.84 Å². The van der Waals surface area contributed by atoms with Gasteiger partial charge in [-0.05, 0) is 12.5 Å². The van der Waals surface area contributed by atoms with Crippen LogP contribution in [0.3, 0.4) is 0 Å². The summed E-state index contributed by atoms with van der Waals surface area (Å²) in [4.78, 5) is 10.9. The van der Waals surface area contributed by atoms with E-state index in [1.165, 1.54) is 17.8 Å². The van der Waals surface area contributed by atoms with Crippen molar-refractivity contribution in [2.24, 2.45) is 5.73 Å². The lowest BCUT2D eigenvalue weighted by Gasteiger charge is -2.12. The molecule has 1 aromatic carbocycles. The Labute approximate surface area is 97.7 Å². The largest absolute Gasteiger partial charge is 0.387 e. The molecule has 0 aromatic heterocycles. The molecule has 0 saturated carbocycles. The second-order valence-electron chi connectivity index (χ2n) is 3.19. The number of rotatable bonds is 5. The topological polar surface area (TPSA) is 93.0 Å². The minimum atomic E-state index is -0.421. The summed E-state index contributed by atoms with van der Waals surface area (Å²) < 4.78 is 0. The van der Waals surface area contributed by atoms with Crippen LogP contribution in [0.25, 0.3) is 0 Å². The highest BCUT2D eigenvalue weighted by Gasteiger charge is 2.18. The minimum absolute atomic E-state index is 0.0469. The van der Waals surface area contributed by atoms with Gasteiger partial charge in [0.05, 0.1) is 15.1 Å². The van der Waals surface area contributed by atoms with Crippen LogP contribution >= 0.6 is 11.8 Å². The fraction of sp³-hybridized carbons (Fsp3) is 0.300. The Morgan fingerprint density at radius 2 is 2.25 bits per heavy atom. The molecule has 0 heterocycles. The van der Waals surface area contributed by atoms with Crippen LogP contribution in [0.5, 0.6) is 0 Å². The fourth-order valence-corrected chi connectivity index (χ4v) is 2.25. The average Bonchev–Trinajstić information content (AvgIpc) is 2.25. The molecular weight excluding hydrogens is 226 g/mol. The third kappa shape index (κ3) is 2.96. The average molecular weight is 239 g/mol. The van der Waals surface area contributed by atoms with Crippen LogP contribution in [0.4, 0.5) is 5.69 Å². The van der Waals surface area contributed by atoms with Crippen molar-refractivity contribution in [1.82, 2.24) is 0 Å². The molecule has 1 aromatic rings. The van der Waals surface area contributed by atoms with E-state index < -0.39 is 4.92 Å². The van der Waals surface area contributed by atoms with Crippen LogP contribution in [0.2, 0.25) is 0 Å². The molecule has 0 fully saturated rings. The summed E-state index contributed by atoms with van der Waals surface area (Å²) >= 11 is 1.26. The van der Waals surface area contributed by atoms with Crippen molar-refractivity contribution in [1.29, 1.82) is 5.41 Å². The van der Waals surface area contributed by atoms with Crippen molar-refractivity contribution in [2.45, 2.75) is 23.5 Å². The second-order valence-corrected chi connectivity index (χ2v) is 4.44. The quantitative estimate of drug-likeness (QED) is 0.271. The molecule has 5 nitrogen and oxygen atoms in total. The number of nitro benzene ring substituents is 1. The molecule has 0 aliphatic carbocycles. The Hall–Kier alpha value is -1.56. The van der Waals surface area contributed by atoms with Gasteiger partial charge in [-0.3, -0.25) is 15.5 Å². The maximum atomic E-state index is 10.8. The Morgan fingerprint density at radius 1 is 1.62 bits per heavy atom. The van der Waals surface area contributed by atoms with Gasteiger partial charge in [0.2, 0.25) is 0 Å². The lowest BCUT2D eigenvalue weighted by atomic mass is 10.3. The van der Waals surface area contributed by atoms with E-state index in [4.69, 9.17) is 11.1 Å². The van der Waals surface area contributed by atoms with Crippen molar-refractivity contribution in [2.75, 3.05) is 0 Å². The van der Waals surface area contributed by atoms with Gasteiger partial charge in [-0.1, -0.05) is 19.1 Å². The Morgan fingerprint density at radius 3 is 2.75 bits per heavy atom. The second kappa shape index (κ2) is 5.50. The van der Waals surface area contributed by atoms with Crippen molar-refractivity contribution < 1.29 is 4.92 Å². The Balaban J connectivity index is 2.95. The number of thioether (sulfide) groups is 1. The molecule has 1 unspecified atom stereocenters. The first kappa shape index (κ1) is 12.5. The molecule has 0 aliphatic rings. The van der Waals surface area contributed by atoms with Gasteiger partial charge in [0, 0.05) is 6.07 Å². The van der Waals surface area contributed by atoms with Gasteiger partial charge < -0.3 is 5.73 Å². The van der Waals surface area contributed by atoms with Crippen LogP contribution in [-0.2, 0) is 0 Å². The summed E-state index contributed by atoms with van der Waals surface area (Å²) in [7, 11) is 0. The molecule has 0 saturated heterocycles. The molecule has 3 N–H and O–H groups in total. The number of nitrogens with two attached hydrogens (primary N) is 1. The SMILES string of the molecule is CCC(Sc1ccccc1[N+](=O)[O-])C(=N)N. The molecule has 0 radical (unpaired) electrons. The number of hydrogen-bond donors (Lipinski definition) is 2. The van der Waals surface area contributed by atoms with Gasteiger partial charge in [-0.25, -0.2) is 0 Å². The number of para-hydroxylation sites is 1. The zero-order valence-corrected chi connectivity index (χ0v) is 9.66. The molecular formula is C10H13N3O2S. The standard InChI is InChI=1S/C10H13N3O2S/c1-2-8(10(11)12)16-9-6-4-3-5-7(9)13(14)15/h3-6,8H,2H2,1H3,(H3,11,12). The highest BCUT2D eigenvalue weighted by molar-refractivity contribution is 8.00. The maximum Gasteiger partial charge on any atom is 0.282 e. The highest BCUT2D eigenvalue weighted by atomic mass is 32.2. The van der Waals surface area contributed by atoms with E-state index in [0.29, 0.717) is 11.3 Å². The minimum Gasteiger partial charge on any atom is -0.387 e. The van der Waals surface area contributed by atoms with Gasteiger partial charge in [-0.2, -0.15) is 0 Å². The van der Waals surface area contributed by atoms with Crippen LogP contribution in [0, 0.1) is 15.5 Å². The molecule has 1 rings (SSSR count).